The summed E-state index contributed by atoms with van der Waals surface area (Å²) < 4.78 is 5.62. The van der Waals surface area contributed by atoms with Crippen LogP contribution in [0.3, 0.4) is 0 Å². The molecule has 0 unspecified atom stereocenters. The Morgan fingerprint density at radius 2 is 1.96 bits per heavy atom. The molecule has 130 valence electrons. The Bertz CT molecular complexity index is 876. The fraction of sp³-hybridized carbons (Fsp3) is 0.350. The third-order valence-electron chi connectivity index (χ3n) is 4.67. The predicted octanol–water partition coefficient (Wildman–Crippen LogP) is 3.61. The summed E-state index contributed by atoms with van der Waals surface area (Å²) >= 11 is 0. The van der Waals surface area contributed by atoms with E-state index in [0.29, 0.717) is 34.7 Å². The van der Waals surface area contributed by atoms with Crippen molar-refractivity contribution in [3.05, 3.63) is 51.8 Å². The molecule has 1 heterocycles. The molecule has 0 saturated heterocycles. The molecule has 0 aliphatic heterocycles. The Balaban J connectivity index is 1.74. The zero-order valence-electron chi connectivity index (χ0n) is 14.7. The molecule has 3 rings (SSSR count). The standard InChI is InChI=1S/C20H21NO4/c1-11-19(13(3)22)12(2)21-20(11)18(24)10-25-15-7-8-16-14(9-15)5-4-6-17(16)23/h7-9,21H,4-6,10H2,1-3H3. The third-order valence-corrected chi connectivity index (χ3v) is 4.67. The van der Waals surface area contributed by atoms with Crippen molar-refractivity contribution in [1.82, 2.24) is 4.98 Å². The maximum absolute atomic E-state index is 12.4. The highest BCUT2D eigenvalue weighted by Gasteiger charge is 2.21. The van der Waals surface area contributed by atoms with Gasteiger partial charge in [-0.1, -0.05) is 0 Å². The number of ether oxygens (including phenoxy) is 1. The van der Waals surface area contributed by atoms with Gasteiger partial charge in [-0.05, 0) is 62.9 Å². The summed E-state index contributed by atoms with van der Waals surface area (Å²) in [6, 6.07) is 5.34. The molecule has 1 N–H and O–H groups in total. The largest absolute Gasteiger partial charge is 0.485 e. The summed E-state index contributed by atoms with van der Waals surface area (Å²) in [5, 5.41) is 0. The van der Waals surface area contributed by atoms with Gasteiger partial charge in [0.15, 0.2) is 18.2 Å². The molecule has 1 aromatic carbocycles. The molecule has 0 atom stereocenters. The van der Waals surface area contributed by atoms with E-state index in [-0.39, 0.29) is 24.0 Å². The molecule has 0 amide bonds. The zero-order chi connectivity index (χ0) is 18.1. The second kappa shape index (κ2) is 6.67. The lowest BCUT2D eigenvalue weighted by Crippen LogP contribution is -2.15. The van der Waals surface area contributed by atoms with Gasteiger partial charge in [0.1, 0.15) is 5.75 Å². The molecule has 5 nitrogen and oxygen atoms in total. The normalized spacial score (nSPS) is 13.5. The van der Waals surface area contributed by atoms with E-state index < -0.39 is 0 Å². The Hall–Kier alpha value is -2.69. The minimum absolute atomic E-state index is 0.0643. The highest BCUT2D eigenvalue weighted by atomic mass is 16.5. The van der Waals surface area contributed by atoms with Gasteiger partial charge < -0.3 is 9.72 Å². The van der Waals surface area contributed by atoms with Crippen molar-refractivity contribution in [3.63, 3.8) is 0 Å². The molecule has 1 aliphatic rings. The maximum Gasteiger partial charge on any atom is 0.216 e. The second-order valence-corrected chi connectivity index (χ2v) is 6.49. The summed E-state index contributed by atoms with van der Waals surface area (Å²) in [7, 11) is 0. The molecule has 25 heavy (non-hydrogen) atoms. The van der Waals surface area contributed by atoms with Crippen LogP contribution in [0.15, 0.2) is 18.2 Å². The smallest absolute Gasteiger partial charge is 0.216 e. The molecule has 0 fully saturated rings. The highest BCUT2D eigenvalue weighted by Crippen LogP contribution is 2.26. The van der Waals surface area contributed by atoms with Crippen molar-refractivity contribution in [2.24, 2.45) is 0 Å². The molecule has 0 radical (unpaired) electrons. The van der Waals surface area contributed by atoms with E-state index in [0.717, 1.165) is 24.0 Å². The summed E-state index contributed by atoms with van der Waals surface area (Å²) in [6.07, 6.45) is 2.29. The van der Waals surface area contributed by atoms with Crippen LogP contribution in [0.25, 0.3) is 0 Å². The van der Waals surface area contributed by atoms with Gasteiger partial charge in [0.2, 0.25) is 5.78 Å². The van der Waals surface area contributed by atoms with E-state index in [1.807, 2.05) is 6.07 Å². The molecule has 5 heteroatoms. The van der Waals surface area contributed by atoms with Gasteiger partial charge in [0, 0.05) is 23.2 Å². The van der Waals surface area contributed by atoms with Crippen LogP contribution in [0, 0.1) is 13.8 Å². The number of aryl methyl sites for hydroxylation is 2. The third kappa shape index (κ3) is 3.27. The fourth-order valence-electron chi connectivity index (χ4n) is 3.49. The van der Waals surface area contributed by atoms with Crippen LogP contribution in [0.2, 0.25) is 0 Å². The van der Waals surface area contributed by atoms with Crippen LogP contribution in [0.1, 0.15) is 67.8 Å². The number of carbonyl (C=O) groups excluding carboxylic acids is 3. The molecular weight excluding hydrogens is 318 g/mol. The first-order valence-electron chi connectivity index (χ1n) is 8.40. The monoisotopic (exact) mass is 339 g/mol. The van der Waals surface area contributed by atoms with Gasteiger partial charge in [-0.3, -0.25) is 14.4 Å². The molecule has 2 aromatic rings. The van der Waals surface area contributed by atoms with Gasteiger partial charge in [0.05, 0.1) is 5.69 Å². The minimum Gasteiger partial charge on any atom is -0.485 e. The predicted molar refractivity (Wildman–Crippen MR) is 93.8 cm³/mol. The van der Waals surface area contributed by atoms with Crippen LogP contribution in [0.5, 0.6) is 5.75 Å². The number of fused-ring (bicyclic) bond motifs is 1. The lowest BCUT2D eigenvalue weighted by molar-refractivity contribution is 0.0914. The van der Waals surface area contributed by atoms with Crippen molar-refractivity contribution < 1.29 is 19.1 Å². The fourth-order valence-corrected chi connectivity index (χ4v) is 3.49. The van der Waals surface area contributed by atoms with E-state index in [2.05, 4.69) is 4.98 Å². The number of hydrogen-bond donors (Lipinski definition) is 1. The van der Waals surface area contributed by atoms with Crippen molar-refractivity contribution >= 4 is 17.3 Å². The van der Waals surface area contributed by atoms with Crippen molar-refractivity contribution in [3.8, 4) is 5.75 Å². The Kier molecular flexibility index (Phi) is 4.57. The molecule has 0 bridgehead atoms. The van der Waals surface area contributed by atoms with Gasteiger partial charge >= 0.3 is 0 Å². The van der Waals surface area contributed by atoms with Crippen LogP contribution in [-0.2, 0) is 6.42 Å². The van der Waals surface area contributed by atoms with Gasteiger partial charge in [-0.25, -0.2) is 0 Å². The van der Waals surface area contributed by atoms with Crippen LogP contribution < -0.4 is 4.74 Å². The van der Waals surface area contributed by atoms with Crippen molar-refractivity contribution in [2.75, 3.05) is 6.61 Å². The van der Waals surface area contributed by atoms with Gasteiger partial charge in [0.25, 0.3) is 0 Å². The first-order chi connectivity index (χ1) is 11.9. The van der Waals surface area contributed by atoms with Gasteiger partial charge in [-0.15, -0.1) is 0 Å². The molecule has 0 saturated carbocycles. The average Bonchev–Trinajstić information content (AvgIpc) is 2.87. The van der Waals surface area contributed by atoms with E-state index in [1.54, 1.807) is 26.0 Å². The van der Waals surface area contributed by atoms with Crippen molar-refractivity contribution in [1.29, 1.82) is 0 Å². The number of ketones is 3. The molecule has 0 spiro atoms. The zero-order valence-corrected chi connectivity index (χ0v) is 14.7. The molecule has 1 aliphatic carbocycles. The van der Waals surface area contributed by atoms with E-state index in [9.17, 15) is 14.4 Å². The number of Topliss-reactive ketones (excluding diaryl/α,β-unsaturated/α-hetero) is 3. The molecule has 1 aromatic heterocycles. The number of rotatable bonds is 5. The number of nitrogens with one attached hydrogen (secondary N) is 1. The van der Waals surface area contributed by atoms with Crippen LogP contribution in [-0.4, -0.2) is 28.9 Å². The summed E-state index contributed by atoms with van der Waals surface area (Å²) in [4.78, 5) is 39.0. The van der Waals surface area contributed by atoms with E-state index >= 15 is 0 Å². The maximum atomic E-state index is 12.4. The first kappa shape index (κ1) is 17.1. The Morgan fingerprint density at radius 3 is 2.64 bits per heavy atom. The summed E-state index contributed by atoms with van der Waals surface area (Å²) in [5.74, 6) is 0.472. The number of aromatic amines is 1. The summed E-state index contributed by atoms with van der Waals surface area (Å²) in [6.45, 7) is 4.91. The van der Waals surface area contributed by atoms with E-state index in [1.165, 1.54) is 6.92 Å². The van der Waals surface area contributed by atoms with Crippen LogP contribution >= 0.6 is 0 Å². The lowest BCUT2D eigenvalue weighted by atomic mass is 9.90. The Labute approximate surface area is 146 Å². The highest BCUT2D eigenvalue weighted by molar-refractivity contribution is 6.03. The average molecular weight is 339 g/mol. The number of aromatic nitrogens is 1. The quantitative estimate of drug-likeness (QED) is 0.844. The van der Waals surface area contributed by atoms with E-state index in [4.69, 9.17) is 4.74 Å². The number of benzene rings is 1. The first-order valence-corrected chi connectivity index (χ1v) is 8.40. The topological polar surface area (TPSA) is 76.2 Å². The molecular formula is C20H21NO4. The second-order valence-electron chi connectivity index (χ2n) is 6.49. The number of H-pyrrole nitrogens is 1. The van der Waals surface area contributed by atoms with Crippen LogP contribution in [0.4, 0.5) is 0 Å². The van der Waals surface area contributed by atoms with Gasteiger partial charge in [-0.2, -0.15) is 0 Å². The minimum atomic E-state index is -0.207. The summed E-state index contributed by atoms with van der Waals surface area (Å²) in [5.41, 5.74) is 4.07. The Morgan fingerprint density at radius 1 is 1.20 bits per heavy atom. The lowest BCUT2D eigenvalue weighted by Gasteiger charge is -2.15. The number of carbonyl (C=O) groups is 3. The SMILES string of the molecule is CC(=O)c1c(C)[nH]c(C(=O)COc2ccc3c(c2)CCCC3=O)c1C. The van der Waals surface area contributed by atoms with Crippen molar-refractivity contribution in [2.45, 2.75) is 40.0 Å². The number of hydrogen-bond acceptors (Lipinski definition) is 4.